The number of unbranched alkanes of at least 4 members (excludes halogenated alkanes) is 3. The number of rotatable bonds is 8. The fraction of sp³-hybridized carbons (Fsp3) is 0.333. The summed E-state index contributed by atoms with van der Waals surface area (Å²) in [4.78, 5) is 7.11. The van der Waals surface area contributed by atoms with Gasteiger partial charge in [0, 0.05) is 29.7 Å². The highest BCUT2D eigenvalue weighted by Crippen LogP contribution is 2.39. The second-order valence-electron chi connectivity index (χ2n) is 5.26. The van der Waals surface area contributed by atoms with E-state index in [9.17, 15) is 0 Å². The highest BCUT2D eigenvalue weighted by molar-refractivity contribution is 9.09. The minimum absolute atomic E-state index is 1.14. The molecule has 0 fully saturated rings. The highest BCUT2D eigenvalue weighted by atomic mass is 79.9. The van der Waals surface area contributed by atoms with E-state index in [4.69, 9.17) is 0 Å². The maximum atomic E-state index is 3.50. The Morgan fingerprint density at radius 3 is 2.23 bits per heavy atom. The minimum atomic E-state index is 1.14. The van der Waals surface area contributed by atoms with Gasteiger partial charge in [-0.2, -0.15) is 0 Å². The molecule has 0 radical (unpaired) electrons. The van der Waals surface area contributed by atoms with Crippen molar-refractivity contribution in [1.29, 1.82) is 0 Å². The maximum absolute atomic E-state index is 3.50. The van der Waals surface area contributed by atoms with Crippen LogP contribution in [0.5, 0.6) is 0 Å². The van der Waals surface area contributed by atoms with Crippen LogP contribution < -0.4 is 0 Å². The Morgan fingerprint density at radius 1 is 0.727 bits per heavy atom. The zero-order valence-electron chi connectivity index (χ0n) is 12.4. The molecule has 22 heavy (non-hydrogen) atoms. The van der Waals surface area contributed by atoms with E-state index in [1.807, 2.05) is 34.0 Å². The average Bonchev–Trinajstić information content (AvgIpc) is 3.26. The number of halogens is 1. The molecule has 0 aliphatic rings. The summed E-state index contributed by atoms with van der Waals surface area (Å²) in [6.45, 7) is 0. The molecule has 0 saturated heterocycles. The molecule has 0 aliphatic heterocycles. The van der Waals surface area contributed by atoms with Gasteiger partial charge in [-0.15, -0.1) is 34.0 Å². The molecule has 0 nitrogen and oxygen atoms in total. The van der Waals surface area contributed by atoms with E-state index in [0.29, 0.717) is 0 Å². The lowest BCUT2D eigenvalue weighted by Crippen LogP contribution is -1.82. The molecule has 0 aliphatic carbocycles. The van der Waals surface area contributed by atoms with Crippen molar-refractivity contribution in [2.24, 2.45) is 0 Å². The number of aryl methyl sites for hydroxylation is 1. The first kappa shape index (κ1) is 16.4. The van der Waals surface area contributed by atoms with Gasteiger partial charge >= 0.3 is 0 Å². The molecule has 0 spiro atoms. The fourth-order valence-corrected chi connectivity index (χ4v) is 5.79. The molecule has 0 bridgehead atoms. The Bertz CT molecular complexity index is 679. The second-order valence-corrected chi connectivity index (χ2v) is 9.25. The minimum Gasteiger partial charge on any atom is -0.143 e. The van der Waals surface area contributed by atoms with E-state index in [0.717, 1.165) is 5.33 Å². The van der Waals surface area contributed by atoms with Crippen LogP contribution in [0.25, 0.3) is 19.5 Å². The summed E-state index contributed by atoms with van der Waals surface area (Å²) in [6, 6.07) is 13.5. The molecule has 3 rings (SSSR count). The van der Waals surface area contributed by atoms with Crippen molar-refractivity contribution in [2.75, 3.05) is 5.33 Å². The van der Waals surface area contributed by atoms with Gasteiger partial charge < -0.3 is 0 Å². The van der Waals surface area contributed by atoms with Gasteiger partial charge in [-0.1, -0.05) is 34.8 Å². The van der Waals surface area contributed by atoms with Gasteiger partial charge in [0.15, 0.2) is 0 Å². The van der Waals surface area contributed by atoms with E-state index in [1.54, 1.807) is 0 Å². The Labute approximate surface area is 153 Å². The summed E-state index contributed by atoms with van der Waals surface area (Å²) < 4.78 is 0. The van der Waals surface area contributed by atoms with Gasteiger partial charge in [0.1, 0.15) is 0 Å². The van der Waals surface area contributed by atoms with Crippen LogP contribution in [0, 0.1) is 0 Å². The van der Waals surface area contributed by atoms with Crippen LogP contribution in [0.2, 0.25) is 0 Å². The van der Waals surface area contributed by atoms with E-state index in [1.165, 1.54) is 56.5 Å². The van der Waals surface area contributed by atoms with Crippen LogP contribution >= 0.6 is 49.9 Å². The van der Waals surface area contributed by atoms with Gasteiger partial charge in [0.2, 0.25) is 0 Å². The van der Waals surface area contributed by atoms with Crippen LogP contribution in [0.1, 0.15) is 30.6 Å². The van der Waals surface area contributed by atoms with E-state index in [-0.39, 0.29) is 0 Å². The Morgan fingerprint density at radius 2 is 1.45 bits per heavy atom. The number of hydrogen-bond donors (Lipinski definition) is 0. The molecule has 3 aromatic heterocycles. The van der Waals surface area contributed by atoms with Crippen LogP contribution in [-0.4, -0.2) is 5.33 Å². The van der Waals surface area contributed by atoms with Crippen LogP contribution in [-0.2, 0) is 6.42 Å². The molecule has 3 heterocycles. The summed E-state index contributed by atoms with van der Waals surface area (Å²) in [5, 5.41) is 3.29. The highest BCUT2D eigenvalue weighted by Gasteiger charge is 2.08. The van der Waals surface area contributed by atoms with Gasteiger partial charge in [-0.25, -0.2) is 0 Å². The molecule has 0 amide bonds. The predicted molar refractivity (Wildman–Crippen MR) is 107 cm³/mol. The third-order valence-electron chi connectivity index (χ3n) is 3.58. The molecular formula is C18H19BrS3. The summed E-state index contributed by atoms with van der Waals surface area (Å²) in [7, 11) is 0. The Hall–Kier alpha value is -0.420. The monoisotopic (exact) mass is 410 g/mol. The smallest absolute Gasteiger partial charge is 0.0449 e. The molecule has 0 unspecified atom stereocenters. The van der Waals surface area contributed by atoms with Crippen LogP contribution in [0.3, 0.4) is 0 Å². The third-order valence-corrected chi connectivity index (χ3v) is 7.63. The molecular weight excluding hydrogens is 392 g/mol. The van der Waals surface area contributed by atoms with Gasteiger partial charge in [0.05, 0.1) is 0 Å². The van der Waals surface area contributed by atoms with Crippen molar-refractivity contribution < 1.29 is 0 Å². The van der Waals surface area contributed by atoms with Gasteiger partial charge in [-0.05, 0) is 55.0 Å². The quantitative estimate of drug-likeness (QED) is 0.263. The zero-order chi connectivity index (χ0) is 15.2. The van der Waals surface area contributed by atoms with Crippen molar-refractivity contribution in [3.63, 3.8) is 0 Å². The molecule has 4 heteroatoms. The molecule has 0 atom stereocenters. The van der Waals surface area contributed by atoms with Crippen LogP contribution in [0.15, 0.2) is 41.8 Å². The maximum Gasteiger partial charge on any atom is 0.0449 e. The number of thiophene rings is 3. The molecule has 0 N–H and O–H groups in total. The predicted octanol–water partition coefficient (Wildman–Crippen LogP) is 7.70. The van der Waals surface area contributed by atoms with Crippen molar-refractivity contribution in [3.8, 4) is 19.5 Å². The molecule has 0 saturated carbocycles. The lowest BCUT2D eigenvalue weighted by molar-refractivity contribution is 0.675. The SMILES string of the molecule is BrCCCCCCc1ccc(-c2ccc(-c3cccs3)s2)s1. The lowest BCUT2D eigenvalue weighted by Gasteiger charge is -1.97. The fourth-order valence-electron chi connectivity index (χ4n) is 2.41. The average molecular weight is 411 g/mol. The summed E-state index contributed by atoms with van der Waals surface area (Å²) in [5.41, 5.74) is 0. The zero-order valence-corrected chi connectivity index (χ0v) is 16.4. The standard InChI is InChI=1S/C18H19BrS3/c19-12-4-2-1-3-6-14-8-9-17(21-14)18-11-10-16(22-18)15-7-5-13-20-15/h5,7-11,13H,1-4,6,12H2. The first-order valence-corrected chi connectivity index (χ1v) is 11.3. The van der Waals surface area contributed by atoms with Crippen molar-refractivity contribution >= 4 is 49.9 Å². The van der Waals surface area contributed by atoms with E-state index < -0.39 is 0 Å². The van der Waals surface area contributed by atoms with Crippen molar-refractivity contribution in [3.05, 3.63) is 46.7 Å². The first-order chi connectivity index (χ1) is 10.9. The molecule has 3 aromatic rings. The Kier molecular flexibility index (Phi) is 6.30. The van der Waals surface area contributed by atoms with Crippen molar-refractivity contribution in [2.45, 2.75) is 32.1 Å². The van der Waals surface area contributed by atoms with E-state index in [2.05, 4.69) is 57.7 Å². The summed E-state index contributed by atoms with van der Waals surface area (Å²) in [5.74, 6) is 0. The van der Waals surface area contributed by atoms with Gasteiger partial charge in [-0.3, -0.25) is 0 Å². The lowest BCUT2D eigenvalue weighted by atomic mass is 10.1. The number of hydrogen-bond acceptors (Lipinski definition) is 3. The van der Waals surface area contributed by atoms with Crippen molar-refractivity contribution in [1.82, 2.24) is 0 Å². The second kappa shape index (κ2) is 8.44. The third kappa shape index (κ3) is 4.31. The summed E-state index contributed by atoms with van der Waals surface area (Å²) in [6.07, 6.45) is 6.54. The topological polar surface area (TPSA) is 0 Å². The normalized spacial score (nSPS) is 11.1. The largest absolute Gasteiger partial charge is 0.143 e. The Balaban J connectivity index is 1.59. The summed E-state index contributed by atoms with van der Waals surface area (Å²) >= 11 is 9.19. The van der Waals surface area contributed by atoms with Gasteiger partial charge in [0.25, 0.3) is 0 Å². The van der Waals surface area contributed by atoms with E-state index >= 15 is 0 Å². The molecule has 0 aromatic carbocycles. The number of alkyl halides is 1. The van der Waals surface area contributed by atoms with Crippen LogP contribution in [0.4, 0.5) is 0 Å². The first-order valence-electron chi connectivity index (χ1n) is 7.65. The molecule has 116 valence electrons.